The molecule has 172 valence electrons. The summed E-state index contributed by atoms with van der Waals surface area (Å²) in [7, 11) is 1.80. The van der Waals surface area contributed by atoms with Gasteiger partial charge in [-0.15, -0.1) is 35.3 Å². The van der Waals surface area contributed by atoms with Crippen LogP contribution in [-0.2, 0) is 9.47 Å². The maximum absolute atomic E-state index is 5.85. The Morgan fingerprint density at radius 1 is 1.33 bits per heavy atom. The van der Waals surface area contributed by atoms with Gasteiger partial charge in [0.1, 0.15) is 0 Å². The number of likely N-dealkylation sites (tertiary alicyclic amines) is 1. The van der Waals surface area contributed by atoms with E-state index in [9.17, 15) is 0 Å². The van der Waals surface area contributed by atoms with Gasteiger partial charge in [0, 0.05) is 51.1 Å². The molecule has 0 aromatic carbocycles. The topological polar surface area (TPSA) is 58.1 Å². The highest BCUT2D eigenvalue weighted by atomic mass is 127. The van der Waals surface area contributed by atoms with Crippen molar-refractivity contribution in [3.8, 4) is 0 Å². The van der Waals surface area contributed by atoms with Gasteiger partial charge in [0.25, 0.3) is 0 Å². The Kier molecular flexibility index (Phi) is 11.4. The predicted octanol–water partition coefficient (Wildman–Crippen LogP) is 3.89. The molecule has 0 aliphatic carbocycles. The fourth-order valence-corrected chi connectivity index (χ4v) is 5.02. The van der Waals surface area contributed by atoms with Gasteiger partial charge < -0.3 is 20.1 Å². The number of guanidine groups is 1. The van der Waals surface area contributed by atoms with Crippen LogP contribution in [0.3, 0.4) is 0 Å². The number of piperidine rings is 1. The molecule has 2 fully saturated rings. The van der Waals surface area contributed by atoms with E-state index in [1.165, 1.54) is 30.8 Å². The lowest BCUT2D eigenvalue weighted by Crippen LogP contribution is -2.46. The second kappa shape index (κ2) is 13.2. The van der Waals surface area contributed by atoms with Gasteiger partial charge in [0.05, 0.1) is 18.2 Å². The Morgan fingerprint density at radius 3 is 2.67 bits per heavy atom. The van der Waals surface area contributed by atoms with E-state index in [2.05, 4.69) is 46.9 Å². The second-order valence-corrected chi connectivity index (χ2v) is 9.30. The van der Waals surface area contributed by atoms with Crippen molar-refractivity contribution in [1.82, 2.24) is 15.5 Å². The van der Waals surface area contributed by atoms with E-state index in [0.717, 1.165) is 51.0 Å². The molecule has 0 saturated carbocycles. The molecule has 1 aromatic heterocycles. The van der Waals surface area contributed by atoms with Crippen LogP contribution in [0.1, 0.15) is 50.4 Å². The van der Waals surface area contributed by atoms with Crippen molar-refractivity contribution in [3.05, 3.63) is 22.4 Å². The predicted molar refractivity (Wildman–Crippen MR) is 136 cm³/mol. The number of nitrogens with zero attached hydrogens (tertiary/aromatic N) is 2. The molecule has 3 heterocycles. The highest BCUT2D eigenvalue weighted by molar-refractivity contribution is 14.0. The van der Waals surface area contributed by atoms with Crippen molar-refractivity contribution in [3.63, 3.8) is 0 Å². The monoisotopic (exact) mass is 550 g/mol. The highest BCUT2D eigenvalue weighted by Gasteiger charge is 2.32. The van der Waals surface area contributed by atoms with Crippen molar-refractivity contribution < 1.29 is 9.47 Å². The number of nitrogens with one attached hydrogen (secondary N) is 2. The zero-order chi connectivity index (χ0) is 20.5. The first-order valence-electron chi connectivity index (χ1n) is 11.1. The van der Waals surface area contributed by atoms with Crippen LogP contribution in [0.2, 0.25) is 0 Å². The van der Waals surface area contributed by atoms with Crippen LogP contribution in [0.25, 0.3) is 0 Å². The van der Waals surface area contributed by atoms with Gasteiger partial charge in [-0.2, -0.15) is 0 Å². The number of halogens is 1. The average molecular weight is 551 g/mol. The number of aliphatic imine (C=N–C) groups is 1. The number of methoxy groups -OCH3 is 1. The maximum atomic E-state index is 5.85. The molecule has 2 aliphatic rings. The van der Waals surface area contributed by atoms with E-state index in [-0.39, 0.29) is 29.6 Å². The van der Waals surface area contributed by atoms with Gasteiger partial charge in [-0.05, 0) is 50.2 Å². The molecule has 1 unspecified atom stereocenters. The van der Waals surface area contributed by atoms with Crippen LogP contribution in [-0.4, -0.2) is 69.5 Å². The summed E-state index contributed by atoms with van der Waals surface area (Å²) in [6.45, 7) is 10.7. The van der Waals surface area contributed by atoms with Crippen molar-refractivity contribution in [1.29, 1.82) is 0 Å². The van der Waals surface area contributed by atoms with Gasteiger partial charge in [-0.3, -0.25) is 9.89 Å². The van der Waals surface area contributed by atoms with Gasteiger partial charge in [-0.1, -0.05) is 13.0 Å². The summed E-state index contributed by atoms with van der Waals surface area (Å²) in [6, 6.07) is 4.82. The van der Waals surface area contributed by atoms with Crippen molar-refractivity contribution >= 4 is 41.3 Å². The Bertz CT molecular complexity index is 615. The first-order chi connectivity index (χ1) is 14.2. The maximum Gasteiger partial charge on any atom is 0.191 e. The van der Waals surface area contributed by atoms with E-state index in [4.69, 9.17) is 14.5 Å². The molecule has 6 nitrogen and oxygen atoms in total. The minimum atomic E-state index is -0.198. The molecule has 3 rings (SSSR count). The third kappa shape index (κ3) is 7.32. The molecule has 2 saturated heterocycles. The summed E-state index contributed by atoms with van der Waals surface area (Å²) in [5.74, 6) is 1.72. The minimum Gasteiger partial charge on any atom is -0.381 e. The lowest BCUT2D eigenvalue weighted by Gasteiger charge is -2.37. The van der Waals surface area contributed by atoms with E-state index in [1.807, 2.05) is 11.3 Å². The van der Waals surface area contributed by atoms with Crippen molar-refractivity contribution in [2.45, 2.75) is 51.2 Å². The quantitative estimate of drug-likeness (QED) is 0.292. The normalized spacial score (nSPS) is 21.6. The summed E-state index contributed by atoms with van der Waals surface area (Å²) >= 11 is 1.85. The summed E-state index contributed by atoms with van der Waals surface area (Å²) in [5.41, 5.74) is -0.198. The van der Waals surface area contributed by atoms with E-state index in [1.54, 1.807) is 7.11 Å². The molecule has 0 radical (unpaired) electrons. The Labute approximate surface area is 203 Å². The van der Waals surface area contributed by atoms with Crippen LogP contribution in [0.15, 0.2) is 22.5 Å². The van der Waals surface area contributed by atoms with Crippen molar-refractivity contribution in [2.75, 3.05) is 53.0 Å². The zero-order valence-electron chi connectivity index (χ0n) is 18.7. The van der Waals surface area contributed by atoms with E-state index < -0.39 is 0 Å². The largest absolute Gasteiger partial charge is 0.381 e. The number of thiophene rings is 1. The Hall–Kier alpha value is -0.420. The van der Waals surface area contributed by atoms with Gasteiger partial charge in [-0.25, -0.2) is 0 Å². The van der Waals surface area contributed by atoms with E-state index >= 15 is 0 Å². The SMILES string of the molecule is CCNC(=NCC1(OC)CCOCC1)NCC(c1cccs1)N1CCC(C)CC1.I. The van der Waals surface area contributed by atoms with Crippen LogP contribution in [0.5, 0.6) is 0 Å². The molecule has 30 heavy (non-hydrogen) atoms. The van der Waals surface area contributed by atoms with Gasteiger partial charge >= 0.3 is 0 Å². The lowest BCUT2D eigenvalue weighted by molar-refractivity contribution is -0.0828. The fraction of sp³-hybridized carbons (Fsp3) is 0.773. The van der Waals surface area contributed by atoms with Crippen LogP contribution in [0, 0.1) is 5.92 Å². The molecule has 2 aliphatic heterocycles. The Balaban J connectivity index is 0.00000320. The summed E-state index contributed by atoms with van der Waals surface area (Å²) in [5, 5.41) is 9.21. The first-order valence-corrected chi connectivity index (χ1v) is 12.0. The van der Waals surface area contributed by atoms with E-state index in [0.29, 0.717) is 12.6 Å². The molecule has 8 heteroatoms. The summed E-state index contributed by atoms with van der Waals surface area (Å²) in [4.78, 5) is 8.96. The van der Waals surface area contributed by atoms with Gasteiger partial charge in [0.15, 0.2) is 5.96 Å². The molecule has 0 spiro atoms. The summed E-state index contributed by atoms with van der Waals surface area (Å²) < 4.78 is 11.4. The molecule has 0 amide bonds. The van der Waals surface area contributed by atoms with Crippen LogP contribution in [0.4, 0.5) is 0 Å². The average Bonchev–Trinajstić information content (AvgIpc) is 3.28. The fourth-order valence-electron chi connectivity index (χ4n) is 4.16. The second-order valence-electron chi connectivity index (χ2n) is 8.33. The lowest BCUT2D eigenvalue weighted by atomic mass is 9.94. The molecule has 1 aromatic rings. The molecule has 1 atom stereocenters. The number of hydrogen-bond acceptors (Lipinski definition) is 5. The van der Waals surface area contributed by atoms with Crippen LogP contribution < -0.4 is 10.6 Å². The summed E-state index contributed by atoms with van der Waals surface area (Å²) in [6.07, 6.45) is 4.37. The number of hydrogen-bond donors (Lipinski definition) is 2. The van der Waals surface area contributed by atoms with Crippen LogP contribution >= 0.6 is 35.3 Å². The highest BCUT2D eigenvalue weighted by Crippen LogP contribution is 2.29. The van der Waals surface area contributed by atoms with Crippen molar-refractivity contribution in [2.24, 2.45) is 10.9 Å². The smallest absolute Gasteiger partial charge is 0.191 e. The van der Waals surface area contributed by atoms with Gasteiger partial charge in [0.2, 0.25) is 0 Å². The number of ether oxygens (including phenoxy) is 2. The number of rotatable bonds is 8. The molecule has 0 bridgehead atoms. The first kappa shape index (κ1) is 25.8. The standard InChI is InChI=1S/C22H38N4O2S.HI/c1-4-23-21(25-17-22(27-3)9-13-28-14-10-22)24-16-19(20-6-5-15-29-20)26-11-7-18(2)8-12-26;/h5-6,15,18-19H,4,7-14,16-17H2,1-3H3,(H2,23,24,25);1H. The molecular weight excluding hydrogens is 511 g/mol. The molecular formula is C22H39IN4O2S. The molecule has 2 N–H and O–H groups in total. The minimum absolute atomic E-state index is 0. The third-order valence-electron chi connectivity index (χ3n) is 6.30. The third-order valence-corrected chi connectivity index (χ3v) is 7.27. The zero-order valence-corrected chi connectivity index (χ0v) is 21.8. The Morgan fingerprint density at radius 2 is 2.07 bits per heavy atom.